The van der Waals surface area contributed by atoms with Gasteiger partial charge in [-0.2, -0.15) is 0 Å². The highest BCUT2D eigenvalue weighted by Crippen LogP contribution is 2.31. The number of carbonyl (C=O) groups is 1. The molecule has 160 valence electrons. The number of piperidine rings is 1. The van der Waals surface area contributed by atoms with Crippen molar-refractivity contribution >= 4 is 11.6 Å². The number of nitrogens with zero attached hydrogens (tertiary/aromatic N) is 2. The number of nitrogens with one attached hydrogen (secondary N) is 1. The molecule has 0 saturated carbocycles. The second-order valence-electron chi connectivity index (χ2n) is 8.46. The van der Waals surface area contributed by atoms with Crippen molar-refractivity contribution in [3.05, 3.63) is 59.2 Å². The van der Waals surface area contributed by atoms with E-state index in [1.165, 1.54) is 42.5 Å². The molecule has 1 fully saturated rings. The Kier molecular flexibility index (Phi) is 6.58. The Hall–Kier alpha value is -2.53. The first-order valence-electron chi connectivity index (χ1n) is 11.2. The lowest BCUT2D eigenvalue weighted by Gasteiger charge is -2.36. The molecule has 2 aromatic carbocycles. The Labute approximate surface area is 180 Å². The fourth-order valence-electron chi connectivity index (χ4n) is 4.73. The summed E-state index contributed by atoms with van der Waals surface area (Å²) in [4.78, 5) is 17.7. The molecule has 5 heteroatoms. The van der Waals surface area contributed by atoms with Crippen LogP contribution in [0.15, 0.2) is 42.5 Å². The Bertz CT molecular complexity index is 859. The van der Waals surface area contributed by atoms with Crippen molar-refractivity contribution in [1.29, 1.82) is 0 Å². The number of carbonyl (C=O) groups excluding carboxylic acids is 1. The van der Waals surface area contributed by atoms with Crippen molar-refractivity contribution in [2.45, 2.75) is 38.1 Å². The largest absolute Gasteiger partial charge is 0.497 e. The van der Waals surface area contributed by atoms with Gasteiger partial charge in [-0.15, -0.1) is 0 Å². The molecule has 0 aliphatic carbocycles. The van der Waals surface area contributed by atoms with E-state index in [9.17, 15) is 4.79 Å². The number of fused-ring (bicyclic) bond motifs is 1. The third kappa shape index (κ3) is 4.62. The molecule has 2 aromatic rings. The zero-order chi connectivity index (χ0) is 20.9. The summed E-state index contributed by atoms with van der Waals surface area (Å²) in [5, 5.41) is 3.19. The van der Waals surface area contributed by atoms with Gasteiger partial charge in [0, 0.05) is 31.4 Å². The predicted octanol–water partition coefficient (Wildman–Crippen LogP) is 4.03. The molecule has 0 spiro atoms. The number of methoxy groups -OCH3 is 1. The van der Waals surface area contributed by atoms with E-state index in [1.54, 1.807) is 7.11 Å². The first kappa shape index (κ1) is 20.7. The fraction of sp³-hybridized carbons (Fsp3) is 0.480. The second kappa shape index (κ2) is 9.52. The molecular weight excluding hydrogens is 374 g/mol. The molecule has 5 nitrogen and oxygen atoms in total. The molecule has 2 heterocycles. The van der Waals surface area contributed by atoms with Gasteiger partial charge in [-0.1, -0.05) is 18.6 Å². The summed E-state index contributed by atoms with van der Waals surface area (Å²) in [7, 11) is 3.81. The number of amides is 1. The molecule has 0 unspecified atom stereocenters. The second-order valence-corrected chi connectivity index (χ2v) is 8.46. The Morgan fingerprint density at radius 3 is 2.53 bits per heavy atom. The summed E-state index contributed by atoms with van der Waals surface area (Å²) in [6.07, 6.45) is 6.11. The van der Waals surface area contributed by atoms with E-state index in [4.69, 9.17) is 4.74 Å². The SMILES string of the molecule is COc1ccc(C(=O)NC[C@@H](c2ccc3c(c2)CCCN3C)N2CCCCC2)cc1. The van der Waals surface area contributed by atoms with E-state index in [0.29, 0.717) is 12.1 Å². The lowest BCUT2D eigenvalue weighted by Crippen LogP contribution is -2.40. The molecule has 1 amide bonds. The van der Waals surface area contributed by atoms with E-state index in [1.807, 2.05) is 24.3 Å². The van der Waals surface area contributed by atoms with Crippen LogP contribution in [0, 0.1) is 0 Å². The standard InChI is InChI=1S/C25H33N3O2/c1-27-14-6-7-20-17-21(10-13-23(20)27)24(28-15-4-3-5-16-28)18-26-25(29)19-8-11-22(30-2)12-9-19/h8-13,17,24H,3-7,14-16,18H2,1-2H3,(H,26,29)/t24-/m0/s1. The number of aryl methyl sites for hydroxylation is 1. The van der Waals surface area contributed by atoms with Gasteiger partial charge in [-0.3, -0.25) is 9.69 Å². The third-order valence-corrected chi connectivity index (χ3v) is 6.48. The highest BCUT2D eigenvalue weighted by Gasteiger charge is 2.25. The first-order valence-corrected chi connectivity index (χ1v) is 11.2. The lowest BCUT2D eigenvalue weighted by molar-refractivity contribution is 0.0924. The average Bonchev–Trinajstić information content (AvgIpc) is 2.80. The van der Waals surface area contributed by atoms with Crippen molar-refractivity contribution in [1.82, 2.24) is 10.2 Å². The van der Waals surface area contributed by atoms with Crippen molar-refractivity contribution in [2.75, 3.05) is 45.2 Å². The minimum atomic E-state index is -0.0302. The van der Waals surface area contributed by atoms with Gasteiger partial charge >= 0.3 is 0 Å². The summed E-state index contributed by atoms with van der Waals surface area (Å²) in [6.45, 7) is 3.94. The maximum Gasteiger partial charge on any atom is 0.251 e. The van der Waals surface area contributed by atoms with Crippen LogP contribution in [-0.2, 0) is 6.42 Å². The van der Waals surface area contributed by atoms with Crippen molar-refractivity contribution in [3.63, 3.8) is 0 Å². The maximum atomic E-state index is 12.8. The van der Waals surface area contributed by atoms with Crippen molar-refractivity contribution < 1.29 is 9.53 Å². The molecule has 30 heavy (non-hydrogen) atoms. The Morgan fingerprint density at radius 1 is 1.03 bits per heavy atom. The van der Waals surface area contributed by atoms with Crippen LogP contribution in [-0.4, -0.2) is 51.1 Å². The van der Waals surface area contributed by atoms with Crippen LogP contribution in [0.4, 0.5) is 5.69 Å². The minimum Gasteiger partial charge on any atom is -0.497 e. The van der Waals surface area contributed by atoms with E-state index < -0.39 is 0 Å². The number of benzene rings is 2. The maximum absolute atomic E-state index is 12.8. The van der Waals surface area contributed by atoms with Gasteiger partial charge in [0.1, 0.15) is 5.75 Å². The third-order valence-electron chi connectivity index (χ3n) is 6.48. The monoisotopic (exact) mass is 407 g/mol. The molecule has 2 aliphatic heterocycles. The molecule has 4 rings (SSSR count). The molecule has 1 saturated heterocycles. The number of ether oxygens (including phenoxy) is 1. The fourth-order valence-corrected chi connectivity index (χ4v) is 4.73. The van der Waals surface area contributed by atoms with Gasteiger partial charge < -0.3 is 15.0 Å². The van der Waals surface area contributed by atoms with E-state index in [2.05, 4.69) is 40.4 Å². The average molecular weight is 408 g/mol. The van der Waals surface area contributed by atoms with Gasteiger partial charge in [-0.25, -0.2) is 0 Å². The predicted molar refractivity (Wildman–Crippen MR) is 122 cm³/mol. The van der Waals surface area contributed by atoms with E-state index in [0.717, 1.165) is 31.8 Å². The van der Waals surface area contributed by atoms with Gasteiger partial charge in [0.2, 0.25) is 0 Å². The topological polar surface area (TPSA) is 44.8 Å². The number of hydrogen-bond acceptors (Lipinski definition) is 4. The quantitative estimate of drug-likeness (QED) is 0.785. The van der Waals surface area contributed by atoms with Crippen molar-refractivity contribution in [2.24, 2.45) is 0 Å². The number of likely N-dealkylation sites (tertiary alicyclic amines) is 1. The van der Waals surface area contributed by atoms with Crippen LogP contribution in [0.1, 0.15) is 53.2 Å². The molecule has 0 bridgehead atoms. The number of anilines is 1. The van der Waals surface area contributed by atoms with E-state index in [-0.39, 0.29) is 11.9 Å². The van der Waals surface area contributed by atoms with Crippen LogP contribution in [0.3, 0.4) is 0 Å². The zero-order valence-electron chi connectivity index (χ0n) is 18.2. The molecule has 1 atom stereocenters. The summed E-state index contributed by atoms with van der Waals surface area (Å²) < 4.78 is 5.20. The van der Waals surface area contributed by atoms with Gasteiger partial charge in [0.15, 0.2) is 0 Å². The number of hydrogen-bond donors (Lipinski definition) is 1. The Morgan fingerprint density at radius 2 is 1.80 bits per heavy atom. The smallest absolute Gasteiger partial charge is 0.251 e. The molecule has 2 aliphatic rings. The van der Waals surface area contributed by atoms with Crippen LogP contribution in [0.2, 0.25) is 0 Å². The normalized spacial score (nSPS) is 17.9. The minimum absolute atomic E-state index is 0.0302. The van der Waals surface area contributed by atoms with Crippen LogP contribution in [0.5, 0.6) is 5.75 Å². The van der Waals surface area contributed by atoms with Gasteiger partial charge in [0.05, 0.1) is 13.2 Å². The summed E-state index contributed by atoms with van der Waals surface area (Å²) in [6, 6.07) is 14.4. The first-order chi connectivity index (χ1) is 14.7. The zero-order valence-corrected chi connectivity index (χ0v) is 18.2. The van der Waals surface area contributed by atoms with Crippen LogP contribution in [0.25, 0.3) is 0 Å². The van der Waals surface area contributed by atoms with Gasteiger partial charge in [-0.05, 0) is 80.2 Å². The summed E-state index contributed by atoms with van der Waals surface area (Å²) in [5.41, 5.74) is 4.77. The molecular formula is C25H33N3O2. The molecule has 1 N–H and O–H groups in total. The Balaban J connectivity index is 1.52. The number of rotatable bonds is 6. The van der Waals surface area contributed by atoms with Gasteiger partial charge in [0.25, 0.3) is 5.91 Å². The van der Waals surface area contributed by atoms with Crippen molar-refractivity contribution in [3.8, 4) is 5.75 Å². The molecule has 0 aromatic heterocycles. The summed E-state index contributed by atoms with van der Waals surface area (Å²) >= 11 is 0. The van der Waals surface area contributed by atoms with Crippen LogP contribution < -0.4 is 15.0 Å². The van der Waals surface area contributed by atoms with Crippen LogP contribution >= 0.6 is 0 Å². The highest BCUT2D eigenvalue weighted by atomic mass is 16.5. The lowest BCUT2D eigenvalue weighted by atomic mass is 9.95. The summed E-state index contributed by atoms with van der Waals surface area (Å²) in [5.74, 6) is 0.731. The van der Waals surface area contributed by atoms with E-state index >= 15 is 0 Å². The molecule has 0 radical (unpaired) electrons. The highest BCUT2D eigenvalue weighted by molar-refractivity contribution is 5.94.